The number of rotatable bonds is 7. The average molecular weight is 382 g/mol. The number of likely N-dealkylation sites (tertiary alicyclic amines) is 1. The fourth-order valence-electron chi connectivity index (χ4n) is 3.57. The zero-order valence-electron chi connectivity index (χ0n) is 16.9. The number of nitrogens with one attached hydrogen (secondary N) is 1. The van der Waals surface area contributed by atoms with Gasteiger partial charge in [-0.25, -0.2) is 0 Å². The molecule has 2 rings (SSSR count). The lowest BCUT2D eigenvalue weighted by Crippen LogP contribution is -2.40. The minimum Gasteiger partial charge on any atom is -0.348 e. The first kappa shape index (κ1) is 22.9. The molecule has 26 heavy (non-hydrogen) atoms. The predicted molar refractivity (Wildman–Crippen MR) is 112 cm³/mol. The summed E-state index contributed by atoms with van der Waals surface area (Å²) in [5.41, 5.74) is 8.53. The van der Waals surface area contributed by atoms with Crippen LogP contribution < -0.4 is 11.1 Å². The van der Waals surface area contributed by atoms with Crippen molar-refractivity contribution in [3.8, 4) is 0 Å². The summed E-state index contributed by atoms with van der Waals surface area (Å²) in [5, 5.41) is 3.24. The molecule has 0 saturated carbocycles. The van der Waals surface area contributed by atoms with Gasteiger partial charge in [0, 0.05) is 6.54 Å². The van der Waals surface area contributed by atoms with Crippen molar-refractivity contribution in [3.05, 3.63) is 35.4 Å². The summed E-state index contributed by atoms with van der Waals surface area (Å²) in [4.78, 5) is 14.8. The molecular weight excluding hydrogens is 346 g/mol. The molecule has 1 heterocycles. The Morgan fingerprint density at radius 3 is 2.23 bits per heavy atom. The minimum absolute atomic E-state index is 0. The van der Waals surface area contributed by atoms with Crippen molar-refractivity contribution in [2.75, 3.05) is 26.2 Å². The van der Waals surface area contributed by atoms with E-state index >= 15 is 0 Å². The lowest BCUT2D eigenvalue weighted by molar-refractivity contribution is -0.123. The Bertz CT molecular complexity index is 573. The van der Waals surface area contributed by atoms with Gasteiger partial charge in [0.05, 0.1) is 12.6 Å². The molecule has 1 fully saturated rings. The van der Waals surface area contributed by atoms with Crippen molar-refractivity contribution in [3.63, 3.8) is 0 Å². The van der Waals surface area contributed by atoms with Gasteiger partial charge in [-0.1, -0.05) is 58.9 Å². The van der Waals surface area contributed by atoms with Gasteiger partial charge < -0.3 is 11.1 Å². The molecule has 1 aliphatic rings. The van der Waals surface area contributed by atoms with Crippen LogP contribution in [-0.4, -0.2) is 37.0 Å². The third kappa shape index (κ3) is 5.97. The van der Waals surface area contributed by atoms with Gasteiger partial charge in [0.1, 0.15) is 0 Å². The van der Waals surface area contributed by atoms with Crippen molar-refractivity contribution in [1.29, 1.82) is 0 Å². The zero-order valence-corrected chi connectivity index (χ0v) is 17.7. The molecule has 1 aromatic rings. The van der Waals surface area contributed by atoms with Crippen LogP contribution >= 0.6 is 12.4 Å². The van der Waals surface area contributed by atoms with E-state index in [1.54, 1.807) is 0 Å². The maximum Gasteiger partial charge on any atom is 0.234 e. The van der Waals surface area contributed by atoms with E-state index in [9.17, 15) is 4.79 Å². The van der Waals surface area contributed by atoms with Crippen molar-refractivity contribution < 1.29 is 4.79 Å². The summed E-state index contributed by atoms with van der Waals surface area (Å²) in [6.45, 7) is 13.9. The van der Waals surface area contributed by atoms with Crippen LogP contribution in [-0.2, 0) is 4.79 Å². The van der Waals surface area contributed by atoms with Crippen molar-refractivity contribution >= 4 is 18.3 Å². The Hall–Kier alpha value is -1.10. The van der Waals surface area contributed by atoms with Crippen LogP contribution in [0.2, 0.25) is 0 Å². The van der Waals surface area contributed by atoms with Gasteiger partial charge in [-0.2, -0.15) is 0 Å². The van der Waals surface area contributed by atoms with Gasteiger partial charge in [0.25, 0.3) is 0 Å². The number of hydrogen-bond donors (Lipinski definition) is 2. The molecule has 1 saturated heterocycles. The highest BCUT2D eigenvalue weighted by Crippen LogP contribution is 2.28. The van der Waals surface area contributed by atoms with Gasteiger partial charge >= 0.3 is 0 Å². The van der Waals surface area contributed by atoms with Gasteiger partial charge in [-0.05, 0) is 47.9 Å². The lowest BCUT2D eigenvalue weighted by atomic mass is 9.90. The average Bonchev–Trinajstić information content (AvgIpc) is 2.94. The predicted octanol–water partition coefficient (Wildman–Crippen LogP) is 3.72. The number of halogens is 1. The first-order valence-electron chi connectivity index (χ1n) is 9.56. The van der Waals surface area contributed by atoms with Crippen molar-refractivity contribution in [2.24, 2.45) is 17.1 Å². The molecule has 1 aliphatic heterocycles. The highest BCUT2D eigenvalue weighted by atomic mass is 35.5. The minimum atomic E-state index is 0. The number of carbonyl (C=O) groups excluding carboxylic acids is 1. The summed E-state index contributed by atoms with van der Waals surface area (Å²) in [6, 6.07) is 8.71. The zero-order chi connectivity index (χ0) is 18.6. The number of nitrogens with two attached hydrogens (primary N) is 1. The van der Waals surface area contributed by atoms with Crippen LogP contribution in [0.4, 0.5) is 0 Å². The second-order valence-electron chi connectivity index (χ2n) is 8.59. The fourth-order valence-corrected chi connectivity index (χ4v) is 3.57. The number of benzene rings is 1. The highest BCUT2D eigenvalue weighted by Gasteiger charge is 2.33. The largest absolute Gasteiger partial charge is 0.348 e. The molecule has 0 radical (unpaired) electrons. The topological polar surface area (TPSA) is 58.4 Å². The first-order valence-corrected chi connectivity index (χ1v) is 9.56. The third-order valence-electron chi connectivity index (χ3n) is 5.44. The molecule has 0 bridgehead atoms. The molecule has 0 aliphatic carbocycles. The maximum atomic E-state index is 12.6. The smallest absolute Gasteiger partial charge is 0.234 e. The molecule has 4 nitrogen and oxygen atoms in total. The van der Waals surface area contributed by atoms with Crippen molar-refractivity contribution in [1.82, 2.24) is 10.2 Å². The fraction of sp³-hybridized carbons (Fsp3) is 0.667. The lowest BCUT2D eigenvalue weighted by Gasteiger charge is -2.26. The molecular formula is C21H36ClN3O. The standard InChI is InChI=1S/C21H35N3O.ClH/c1-15(2)17-6-8-18(9-7-17)20(16(3)4)23-19(25)12-24-11-10-21(5,13-22)14-24;/h6-9,15-16,20H,10-14,22H2,1-5H3,(H,23,25);1H. The molecule has 5 heteroatoms. The van der Waals surface area contributed by atoms with E-state index in [4.69, 9.17) is 5.73 Å². The van der Waals surface area contributed by atoms with E-state index in [2.05, 4.69) is 69.1 Å². The molecule has 0 aromatic heterocycles. The van der Waals surface area contributed by atoms with Crippen molar-refractivity contribution in [2.45, 2.75) is 53.0 Å². The summed E-state index contributed by atoms with van der Waals surface area (Å²) in [5.74, 6) is 0.975. The van der Waals surface area contributed by atoms with E-state index in [1.807, 2.05) is 0 Å². The Morgan fingerprint density at radius 1 is 1.19 bits per heavy atom. The quantitative estimate of drug-likeness (QED) is 0.756. The number of hydrogen-bond acceptors (Lipinski definition) is 3. The molecule has 0 spiro atoms. The van der Waals surface area contributed by atoms with Crippen LogP contribution in [0.25, 0.3) is 0 Å². The molecule has 2 atom stereocenters. The van der Waals surface area contributed by atoms with E-state index < -0.39 is 0 Å². The second kappa shape index (κ2) is 9.72. The van der Waals surface area contributed by atoms with E-state index in [-0.39, 0.29) is 29.8 Å². The first-order chi connectivity index (χ1) is 11.7. The van der Waals surface area contributed by atoms with E-state index in [0.29, 0.717) is 24.9 Å². The Balaban J connectivity index is 0.00000338. The highest BCUT2D eigenvalue weighted by molar-refractivity contribution is 5.85. The summed E-state index contributed by atoms with van der Waals surface area (Å²) in [7, 11) is 0. The summed E-state index contributed by atoms with van der Waals surface area (Å²) in [6.07, 6.45) is 1.07. The maximum absolute atomic E-state index is 12.6. The van der Waals surface area contributed by atoms with Gasteiger partial charge in [0.15, 0.2) is 0 Å². The Morgan fingerprint density at radius 2 is 1.77 bits per heavy atom. The Kier molecular flexibility index (Phi) is 8.58. The monoisotopic (exact) mass is 381 g/mol. The third-order valence-corrected chi connectivity index (χ3v) is 5.44. The second-order valence-corrected chi connectivity index (χ2v) is 8.59. The van der Waals surface area contributed by atoms with Gasteiger partial charge in [0.2, 0.25) is 5.91 Å². The molecule has 148 valence electrons. The van der Waals surface area contributed by atoms with Gasteiger partial charge in [-0.3, -0.25) is 9.69 Å². The van der Waals surface area contributed by atoms with E-state index in [1.165, 1.54) is 11.1 Å². The van der Waals surface area contributed by atoms with Gasteiger partial charge in [-0.15, -0.1) is 12.4 Å². The summed E-state index contributed by atoms with van der Waals surface area (Å²) >= 11 is 0. The van der Waals surface area contributed by atoms with Crippen LogP contribution in [0.5, 0.6) is 0 Å². The molecule has 2 unspecified atom stereocenters. The Labute approximate surface area is 165 Å². The number of carbonyl (C=O) groups is 1. The van der Waals surface area contributed by atoms with Crippen LogP contribution in [0.3, 0.4) is 0 Å². The molecule has 1 amide bonds. The summed E-state index contributed by atoms with van der Waals surface area (Å²) < 4.78 is 0. The molecule has 3 N–H and O–H groups in total. The van der Waals surface area contributed by atoms with Crippen LogP contribution in [0.15, 0.2) is 24.3 Å². The van der Waals surface area contributed by atoms with Crippen LogP contribution in [0.1, 0.15) is 64.1 Å². The van der Waals surface area contributed by atoms with E-state index in [0.717, 1.165) is 19.5 Å². The molecule has 1 aromatic carbocycles. The van der Waals surface area contributed by atoms with Crippen LogP contribution in [0, 0.1) is 11.3 Å². The number of nitrogens with zero attached hydrogens (tertiary/aromatic N) is 1. The number of amides is 1. The normalized spacial score (nSPS) is 21.7. The SMILES string of the molecule is CC(C)c1ccc(C(NC(=O)CN2CCC(C)(CN)C2)C(C)C)cc1.Cl.